The Morgan fingerprint density at radius 1 is 1.64 bits per heavy atom. The summed E-state index contributed by atoms with van der Waals surface area (Å²) in [6.45, 7) is 3.56. The molecule has 1 amide bonds. The molecule has 0 fully saturated rings. The highest BCUT2D eigenvalue weighted by molar-refractivity contribution is 9.09. The third-order valence-corrected chi connectivity index (χ3v) is 2.71. The van der Waals surface area contributed by atoms with Crippen LogP contribution in [0.5, 0.6) is 0 Å². The number of amides is 1. The lowest BCUT2D eigenvalue weighted by molar-refractivity contribution is 0.0771. The fourth-order valence-electron chi connectivity index (χ4n) is 1.10. The van der Waals surface area contributed by atoms with Crippen LogP contribution in [-0.2, 0) is 0 Å². The molecule has 0 saturated carbocycles. The lowest BCUT2D eigenvalue weighted by Crippen LogP contribution is -2.32. The van der Waals surface area contributed by atoms with E-state index in [-0.39, 0.29) is 5.91 Å². The van der Waals surface area contributed by atoms with Crippen molar-refractivity contribution < 1.29 is 4.79 Å². The van der Waals surface area contributed by atoms with Gasteiger partial charge in [-0.05, 0) is 18.0 Å². The SMILES string of the molecule is CCCN(CCBr)C(=O)c1cnns1. The van der Waals surface area contributed by atoms with Crippen LogP contribution < -0.4 is 0 Å². The van der Waals surface area contributed by atoms with E-state index >= 15 is 0 Å². The number of nitrogens with zero attached hydrogens (tertiary/aromatic N) is 3. The van der Waals surface area contributed by atoms with E-state index in [1.54, 1.807) is 0 Å². The summed E-state index contributed by atoms with van der Waals surface area (Å²) in [5.74, 6) is 0.0290. The molecule has 0 N–H and O–H groups in total. The van der Waals surface area contributed by atoms with Gasteiger partial charge in [-0.25, -0.2) is 0 Å². The molecule has 1 aromatic heterocycles. The summed E-state index contributed by atoms with van der Waals surface area (Å²) in [5.41, 5.74) is 0. The largest absolute Gasteiger partial charge is 0.337 e. The van der Waals surface area contributed by atoms with Gasteiger partial charge in [0.15, 0.2) is 0 Å². The maximum atomic E-state index is 11.8. The van der Waals surface area contributed by atoms with Crippen LogP contribution in [0.1, 0.15) is 23.0 Å². The molecule has 1 aromatic rings. The highest BCUT2D eigenvalue weighted by Gasteiger charge is 2.15. The number of rotatable bonds is 5. The Bertz CT molecular complexity index is 272. The quantitative estimate of drug-likeness (QED) is 0.771. The first-order valence-corrected chi connectivity index (χ1v) is 6.31. The molecule has 0 aliphatic heterocycles. The Kier molecular flexibility index (Phi) is 5.03. The maximum Gasteiger partial charge on any atom is 0.267 e. The van der Waals surface area contributed by atoms with E-state index < -0.39 is 0 Å². The van der Waals surface area contributed by atoms with Gasteiger partial charge >= 0.3 is 0 Å². The lowest BCUT2D eigenvalue weighted by atomic mass is 10.3. The fourth-order valence-corrected chi connectivity index (χ4v) is 2.02. The lowest BCUT2D eigenvalue weighted by Gasteiger charge is -2.19. The molecule has 4 nitrogen and oxygen atoms in total. The van der Waals surface area contributed by atoms with Crippen molar-refractivity contribution in [2.45, 2.75) is 13.3 Å². The maximum absolute atomic E-state index is 11.8. The van der Waals surface area contributed by atoms with Gasteiger partial charge in [-0.15, -0.1) is 5.10 Å². The first-order valence-electron chi connectivity index (χ1n) is 4.42. The Morgan fingerprint density at radius 3 is 2.93 bits per heavy atom. The molecule has 6 heteroatoms. The number of alkyl halides is 1. The van der Waals surface area contributed by atoms with Crippen molar-refractivity contribution in [2.75, 3.05) is 18.4 Å². The average Bonchev–Trinajstić information content (AvgIpc) is 2.69. The number of carbonyl (C=O) groups excluding carboxylic acids is 1. The van der Waals surface area contributed by atoms with Gasteiger partial charge in [0.05, 0.1) is 6.20 Å². The van der Waals surface area contributed by atoms with Crippen molar-refractivity contribution in [3.05, 3.63) is 11.1 Å². The van der Waals surface area contributed by atoms with Crippen LogP contribution in [0.2, 0.25) is 0 Å². The molecule has 0 saturated heterocycles. The summed E-state index contributed by atoms with van der Waals surface area (Å²) in [6.07, 6.45) is 2.48. The topological polar surface area (TPSA) is 46.1 Å². The van der Waals surface area contributed by atoms with Gasteiger partial charge in [0.2, 0.25) is 0 Å². The van der Waals surface area contributed by atoms with Crippen molar-refractivity contribution in [1.82, 2.24) is 14.5 Å². The van der Waals surface area contributed by atoms with E-state index in [0.717, 1.165) is 36.4 Å². The van der Waals surface area contributed by atoms with Gasteiger partial charge in [-0.3, -0.25) is 4.79 Å². The summed E-state index contributed by atoms with van der Waals surface area (Å²) in [5, 5.41) is 4.45. The second-order valence-electron chi connectivity index (χ2n) is 2.76. The molecule has 0 radical (unpaired) electrons. The molecule has 0 unspecified atom stereocenters. The average molecular weight is 278 g/mol. The second kappa shape index (κ2) is 6.08. The highest BCUT2D eigenvalue weighted by atomic mass is 79.9. The van der Waals surface area contributed by atoms with Crippen LogP contribution in [0.4, 0.5) is 0 Å². The summed E-state index contributed by atoms with van der Waals surface area (Å²) in [4.78, 5) is 14.2. The van der Waals surface area contributed by atoms with Crippen LogP contribution in [0.25, 0.3) is 0 Å². The van der Waals surface area contributed by atoms with E-state index in [2.05, 4.69) is 32.4 Å². The zero-order valence-corrected chi connectivity index (χ0v) is 10.3. The third kappa shape index (κ3) is 3.02. The number of aromatic nitrogens is 2. The van der Waals surface area contributed by atoms with E-state index in [1.807, 2.05) is 4.90 Å². The van der Waals surface area contributed by atoms with Gasteiger partial charge in [0.1, 0.15) is 4.88 Å². The van der Waals surface area contributed by atoms with E-state index in [0.29, 0.717) is 4.88 Å². The Morgan fingerprint density at radius 2 is 2.43 bits per heavy atom. The zero-order valence-electron chi connectivity index (χ0n) is 7.94. The van der Waals surface area contributed by atoms with Crippen LogP contribution >= 0.6 is 27.5 Å². The molecular weight excluding hydrogens is 266 g/mol. The first-order chi connectivity index (χ1) is 6.79. The van der Waals surface area contributed by atoms with Crippen molar-refractivity contribution in [3.63, 3.8) is 0 Å². The molecule has 78 valence electrons. The Balaban J connectivity index is 2.63. The highest BCUT2D eigenvalue weighted by Crippen LogP contribution is 2.08. The monoisotopic (exact) mass is 277 g/mol. The van der Waals surface area contributed by atoms with Crippen molar-refractivity contribution in [2.24, 2.45) is 0 Å². The number of halogens is 1. The third-order valence-electron chi connectivity index (χ3n) is 1.71. The fraction of sp³-hybridized carbons (Fsp3) is 0.625. The number of hydrogen-bond acceptors (Lipinski definition) is 4. The summed E-state index contributed by atoms with van der Waals surface area (Å²) in [7, 11) is 0. The van der Waals surface area contributed by atoms with Gasteiger partial charge in [-0.1, -0.05) is 27.3 Å². The number of carbonyl (C=O) groups is 1. The summed E-state index contributed by atoms with van der Waals surface area (Å²) in [6, 6.07) is 0. The Hall–Kier alpha value is -0.490. The summed E-state index contributed by atoms with van der Waals surface area (Å²) < 4.78 is 3.68. The predicted molar refractivity (Wildman–Crippen MR) is 59.9 cm³/mol. The molecule has 14 heavy (non-hydrogen) atoms. The minimum Gasteiger partial charge on any atom is -0.337 e. The minimum absolute atomic E-state index is 0.0290. The van der Waals surface area contributed by atoms with Gasteiger partial charge in [0.25, 0.3) is 5.91 Å². The molecule has 0 aliphatic rings. The number of hydrogen-bond donors (Lipinski definition) is 0. The Labute approximate surface area is 95.6 Å². The molecule has 1 heterocycles. The van der Waals surface area contributed by atoms with E-state index in [1.165, 1.54) is 6.20 Å². The van der Waals surface area contributed by atoms with Crippen molar-refractivity contribution >= 4 is 33.4 Å². The normalized spacial score (nSPS) is 10.1. The van der Waals surface area contributed by atoms with Gasteiger partial charge in [-0.2, -0.15) is 0 Å². The summed E-state index contributed by atoms with van der Waals surface area (Å²) >= 11 is 4.47. The minimum atomic E-state index is 0.0290. The van der Waals surface area contributed by atoms with Crippen LogP contribution in [0.3, 0.4) is 0 Å². The van der Waals surface area contributed by atoms with Crippen LogP contribution in [0.15, 0.2) is 6.20 Å². The van der Waals surface area contributed by atoms with Crippen molar-refractivity contribution in [3.8, 4) is 0 Å². The van der Waals surface area contributed by atoms with Crippen LogP contribution in [-0.4, -0.2) is 38.8 Å². The van der Waals surface area contributed by atoms with E-state index in [4.69, 9.17) is 0 Å². The molecule has 0 spiro atoms. The molecule has 1 rings (SSSR count). The molecule has 0 atom stereocenters. The van der Waals surface area contributed by atoms with Gasteiger partial charge in [0, 0.05) is 18.4 Å². The predicted octanol–water partition coefficient (Wildman–Crippen LogP) is 1.79. The first kappa shape index (κ1) is 11.6. The zero-order chi connectivity index (χ0) is 10.4. The molecule has 0 bridgehead atoms. The molecule has 0 aliphatic carbocycles. The molecular formula is C8H12BrN3OS. The van der Waals surface area contributed by atoms with Crippen LogP contribution in [0, 0.1) is 0 Å². The molecule has 0 aromatic carbocycles. The smallest absolute Gasteiger partial charge is 0.267 e. The van der Waals surface area contributed by atoms with E-state index in [9.17, 15) is 4.79 Å². The second-order valence-corrected chi connectivity index (χ2v) is 4.34. The van der Waals surface area contributed by atoms with Crippen molar-refractivity contribution in [1.29, 1.82) is 0 Å². The standard InChI is InChI=1S/C8H12BrN3OS/c1-2-4-12(5-3-9)8(13)7-6-10-11-14-7/h6H,2-5H2,1H3. The van der Waals surface area contributed by atoms with Gasteiger partial charge < -0.3 is 4.90 Å².